The average Bonchev–Trinajstić information content (AvgIpc) is 2.85. The third-order valence-electron chi connectivity index (χ3n) is 2.62. The number of nitrogens with zero attached hydrogens (tertiary/aromatic N) is 2. The molecule has 3 heteroatoms. The number of pyridine rings is 1. The van der Waals surface area contributed by atoms with E-state index in [1.165, 1.54) is 5.56 Å². The first-order valence-corrected chi connectivity index (χ1v) is 5.52. The van der Waals surface area contributed by atoms with Crippen molar-refractivity contribution in [3.8, 4) is 5.75 Å². The topological polar surface area (TPSA) is 26.5 Å². The van der Waals surface area contributed by atoms with Gasteiger partial charge in [0, 0.05) is 18.5 Å². The van der Waals surface area contributed by atoms with E-state index in [1.807, 2.05) is 47.1 Å². The molecule has 0 aliphatic rings. The van der Waals surface area contributed by atoms with Gasteiger partial charge in [-0.15, -0.1) is 0 Å². The lowest BCUT2D eigenvalue weighted by molar-refractivity contribution is 0.306. The number of hydrogen-bond donors (Lipinski definition) is 0. The van der Waals surface area contributed by atoms with E-state index in [1.54, 1.807) is 6.20 Å². The van der Waals surface area contributed by atoms with E-state index in [0.29, 0.717) is 6.61 Å². The highest BCUT2D eigenvalue weighted by atomic mass is 16.5. The van der Waals surface area contributed by atoms with Crippen molar-refractivity contribution in [2.45, 2.75) is 6.61 Å². The molecule has 3 rings (SSSR count). The minimum Gasteiger partial charge on any atom is -0.489 e. The molecule has 0 N–H and O–H groups in total. The smallest absolute Gasteiger partial charge is 0.123 e. The summed E-state index contributed by atoms with van der Waals surface area (Å²) in [6.07, 6.45) is 3.67. The lowest BCUT2D eigenvalue weighted by atomic mass is 10.2. The summed E-state index contributed by atoms with van der Waals surface area (Å²) in [6.45, 7) is 0.588. The molecule has 17 heavy (non-hydrogen) atoms. The lowest BCUT2D eigenvalue weighted by Gasteiger charge is -2.06. The molecule has 2 aromatic heterocycles. The zero-order valence-electron chi connectivity index (χ0n) is 9.28. The fourth-order valence-electron chi connectivity index (χ4n) is 1.73. The van der Waals surface area contributed by atoms with Crippen molar-refractivity contribution in [3.63, 3.8) is 0 Å². The summed E-state index contributed by atoms with van der Waals surface area (Å²) >= 11 is 0. The van der Waals surface area contributed by atoms with Crippen LogP contribution in [0, 0.1) is 0 Å². The Morgan fingerprint density at radius 3 is 2.82 bits per heavy atom. The standard InChI is InChI=1S/C14H12N2O/c1-2-4-12(5-3-1)11-17-14-7-9-16-13(10-14)6-8-15-16/h1-10H,11H2. The van der Waals surface area contributed by atoms with Crippen LogP contribution in [0.3, 0.4) is 0 Å². The van der Waals surface area contributed by atoms with Gasteiger partial charge in [0.15, 0.2) is 0 Å². The van der Waals surface area contributed by atoms with Gasteiger partial charge in [-0.2, -0.15) is 5.10 Å². The molecule has 0 aliphatic carbocycles. The molecule has 1 aromatic carbocycles. The minimum atomic E-state index is 0.588. The van der Waals surface area contributed by atoms with E-state index >= 15 is 0 Å². The normalized spacial score (nSPS) is 10.6. The van der Waals surface area contributed by atoms with Gasteiger partial charge in [0.25, 0.3) is 0 Å². The van der Waals surface area contributed by atoms with Gasteiger partial charge < -0.3 is 4.74 Å². The second kappa shape index (κ2) is 4.29. The van der Waals surface area contributed by atoms with E-state index in [4.69, 9.17) is 4.74 Å². The number of hydrogen-bond acceptors (Lipinski definition) is 2. The summed E-state index contributed by atoms with van der Waals surface area (Å²) < 4.78 is 7.54. The number of aromatic nitrogens is 2. The zero-order valence-corrected chi connectivity index (χ0v) is 9.28. The number of rotatable bonds is 3. The molecule has 0 spiro atoms. The molecular formula is C14H12N2O. The van der Waals surface area contributed by atoms with Crippen molar-refractivity contribution in [1.82, 2.24) is 9.61 Å². The Balaban J connectivity index is 1.76. The van der Waals surface area contributed by atoms with Gasteiger partial charge >= 0.3 is 0 Å². The van der Waals surface area contributed by atoms with Crippen LogP contribution >= 0.6 is 0 Å². The molecule has 0 atom stereocenters. The Labute approximate surface area is 99.3 Å². The van der Waals surface area contributed by atoms with E-state index in [2.05, 4.69) is 17.2 Å². The van der Waals surface area contributed by atoms with Gasteiger partial charge in [0.05, 0.1) is 5.52 Å². The van der Waals surface area contributed by atoms with Gasteiger partial charge in [-0.25, -0.2) is 4.52 Å². The van der Waals surface area contributed by atoms with Crippen molar-refractivity contribution >= 4 is 5.52 Å². The van der Waals surface area contributed by atoms with Gasteiger partial charge in [0.2, 0.25) is 0 Å². The monoisotopic (exact) mass is 224 g/mol. The molecule has 0 unspecified atom stereocenters. The SMILES string of the molecule is c1ccc(COc2ccn3nccc3c2)cc1. The van der Waals surface area contributed by atoms with E-state index in [9.17, 15) is 0 Å². The maximum Gasteiger partial charge on any atom is 0.123 e. The third-order valence-corrected chi connectivity index (χ3v) is 2.62. The summed E-state index contributed by atoms with van der Waals surface area (Å²) in [7, 11) is 0. The van der Waals surface area contributed by atoms with Crippen molar-refractivity contribution in [3.05, 3.63) is 66.5 Å². The fraction of sp³-hybridized carbons (Fsp3) is 0.0714. The average molecular weight is 224 g/mol. The van der Waals surface area contributed by atoms with Crippen LogP contribution < -0.4 is 4.74 Å². The van der Waals surface area contributed by atoms with Gasteiger partial charge in [0.1, 0.15) is 12.4 Å². The quantitative estimate of drug-likeness (QED) is 0.683. The van der Waals surface area contributed by atoms with Crippen LogP contribution in [0.25, 0.3) is 5.52 Å². The molecule has 0 aliphatic heterocycles. The predicted octanol–water partition coefficient (Wildman–Crippen LogP) is 2.91. The number of fused-ring (bicyclic) bond motifs is 1. The molecule has 3 aromatic rings. The molecule has 0 saturated heterocycles. The van der Waals surface area contributed by atoms with Gasteiger partial charge in [-0.3, -0.25) is 0 Å². The van der Waals surface area contributed by atoms with Crippen molar-refractivity contribution in [1.29, 1.82) is 0 Å². The first-order valence-electron chi connectivity index (χ1n) is 5.52. The summed E-state index contributed by atoms with van der Waals surface area (Å²) in [5.41, 5.74) is 2.21. The van der Waals surface area contributed by atoms with E-state index < -0.39 is 0 Å². The van der Waals surface area contributed by atoms with Gasteiger partial charge in [-0.1, -0.05) is 30.3 Å². The summed E-state index contributed by atoms with van der Waals surface area (Å²) in [4.78, 5) is 0. The molecule has 84 valence electrons. The zero-order chi connectivity index (χ0) is 11.5. The Hall–Kier alpha value is -2.29. The third kappa shape index (κ3) is 2.13. The molecule has 0 radical (unpaired) electrons. The summed E-state index contributed by atoms with van der Waals surface area (Å²) in [5.74, 6) is 0.863. The van der Waals surface area contributed by atoms with Crippen LogP contribution in [-0.2, 0) is 6.61 Å². The van der Waals surface area contributed by atoms with Crippen LogP contribution in [-0.4, -0.2) is 9.61 Å². The first kappa shape index (κ1) is 9.90. The predicted molar refractivity (Wildman–Crippen MR) is 66.0 cm³/mol. The molecular weight excluding hydrogens is 212 g/mol. The Kier molecular flexibility index (Phi) is 2.50. The molecule has 2 heterocycles. The van der Waals surface area contributed by atoms with Crippen LogP contribution in [0.1, 0.15) is 5.56 Å². The highest BCUT2D eigenvalue weighted by Crippen LogP contribution is 2.15. The van der Waals surface area contributed by atoms with E-state index in [0.717, 1.165) is 11.3 Å². The molecule has 0 amide bonds. The number of ether oxygens (including phenoxy) is 1. The van der Waals surface area contributed by atoms with Crippen molar-refractivity contribution in [2.75, 3.05) is 0 Å². The number of benzene rings is 1. The van der Waals surface area contributed by atoms with Crippen LogP contribution in [0.2, 0.25) is 0 Å². The van der Waals surface area contributed by atoms with Crippen LogP contribution in [0.4, 0.5) is 0 Å². The van der Waals surface area contributed by atoms with Crippen LogP contribution in [0.5, 0.6) is 5.75 Å². The fourth-order valence-corrected chi connectivity index (χ4v) is 1.73. The van der Waals surface area contributed by atoms with Crippen molar-refractivity contribution < 1.29 is 4.74 Å². The molecule has 3 nitrogen and oxygen atoms in total. The highest BCUT2D eigenvalue weighted by molar-refractivity contribution is 5.49. The second-order valence-electron chi connectivity index (χ2n) is 3.84. The highest BCUT2D eigenvalue weighted by Gasteiger charge is 1.98. The molecule has 0 saturated carbocycles. The second-order valence-corrected chi connectivity index (χ2v) is 3.84. The van der Waals surface area contributed by atoms with Crippen LogP contribution in [0.15, 0.2) is 60.9 Å². The van der Waals surface area contributed by atoms with E-state index in [-0.39, 0.29) is 0 Å². The summed E-state index contributed by atoms with van der Waals surface area (Å²) in [6, 6.07) is 16.0. The molecule has 0 fully saturated rings. The van der Waals surface area contributed by atoms with Gasteiger partial charge in [-0.05, 0) is 17.7 Å². The largest absolute Gasteiger partial charge is 0.489 e. The Morgan fingerprint density at radius 2 is 1.94 bits per heavy atom. The Bertz CT molecular complexity index is 616. The maximum absolute atomic E-state index is 5.73. The minimum absolute atomic E-state index is 0.588. The summed E-state index contributed by atoms with van der Waals surface area (Å²) in [5, 5.41) is 4.14. The lowest BCUT2D eigenvalue weighted by Crippen LogP contribution is -1.95. The first-order chi connectivity index (χ1) is 8.42. The maximum atomic E-state index is 5.73. The van der Waals surface area contributed by atoms with Crippen molar-refractivity contribution in [2.24, 2.45) is 0 Å². The molecule has 0 bridgehead atoms. The Morgan fingerprint density at radius 1 is 1.06 bits per heavy atom.